The Bertz CT molecular complexity index is 658. The summed E-state index contributed by atoms with van der Waals surface area (Å²) in [4.78, 5) is 1.68. The number of ether oxygens (including phenoxy) is 1. The van der Waals surface area contributed by atoms with Crippen LogP contribution in [-0.2, 0) is 13.0 Å². The number of benzene rings is 1. The summed E-state index contributed by atoms with van der Waals surface area (Å²) in [6, 6.07) is 6.30. The first-order chi connectivity index (χ1) is 9.61. The van der Waals surface area contributed by atoms with Gasteiger partial charge in [0.25, 0.3) is 0 Å². The second-order valence-electron chi connectivity index (χ2n) is 6.40. The molecule has 1 aliphatic carbocycles. The van der Waals surface area contributed by atoms with Gasteiger partial charge in [-0.1, -0.05) is 18.2 Å². The molecule has 5 nitrogen and oxygen atoms in total. The van der Waals surface area contributed by atoms with Crippen molar-refractivity contribution in [1.29, 1.82) is 0 Å². The maximum atomic E-state index is 6.07. The van der Waals surface area contributed by atoms with E-state index in [9.17, 15) is 0 Å². The highest BCUT2D eigenvalue weighted by atomic mass is 16.5. The minimum atomic E-state index is -0.118. The number of hydrogen-bond acceptors (Lipinski definition) is 4. The van der Waals surface area contributed by atoms with Gasteiger partial charge >= 0.3 is 0 Å². The maximum Gasteiger partial charge on any atom is 0.177 e. The largest absolute Gasteiger partial charge is 0.487 e. The summed E-state index contributed by atoms with van der Waals surface area (Å²) in [6.07, 6.45) is 3.35. The van der Waals surface area contributed by atoms with Gasteiger partial charge in [-0.3, -0.25) is 0 Å². The van der Waals surface area contributed by atoms with Gasteiger partial charge < -0.3 is 4.74 Å². The zero-order valence-corrected chi connectivity index (χ0v) is 11.8. The Morgan fingerprint density at radius 3 is 3.00 bits per heavy atom. The molecule has 1 fully saturated rings. The lowest BCUT2D eigenvalue weighted by molar-refractivity contribution is 0.137. The van der Waals surface area contributed by atoms with Crippen molar-refractivity contribution in [1.82, 2.24) is 20.2 Å². The molecule has 1 aromatic heterocycles. The third-order valence-electron chi connectivity index (χ3n) is 3.90. The van der Waals surface area contributed by atoms with E-state index in [1.165, 1.54) is 18.4 Å². The van der Waals surface area contributed by atoms with Gasteiger partial charge in [0.05, 0.1) is 6.54 Å². The summed E-state index contributed by atoms with van der Waals surface area (Å²) in [5.74, 6) is 2.43. The van der Waals surface area contributed by atoms with E-state index in [-0.39, 0.29) is 5.60 Å². The number of aromatic nitrogens is 4. The number of rotatable bonds is 3. The topological polar surface area (TPSA) is 52.8 Å². The molecule has 1 saturated carbocycles. The Kier molecular flexibility index (Phi) is 2.40. The number of hydrogen-bond donors (Lipinski definition) is 0. The lowest BCUT2D eigenvalue weighted by Crippen LogP contribution is -2.25. The average molecular weight is 270 g/mol. The summed E-state index contributed by atoms with van der Waals surface area (Å²) in [7, 11) is 0. The first kappa shape index (κ1) is 11.9. The monoisotopic (exact) mass is 270 g/mol. The van der Waals surface area contributed by atoms with Crippen LogP contribution in [0.2, 0.25) is 0 Å². The predicted molar refractivity (Wildman–Crippen MR) is 73.7 cm³/mol. The lowest BCUT2D eigenvalue weighted by Gasteiger charge is -2.18. The molecule has 0 bridgehead atoms. The molecule has 0 unspecified atom stereocenters. The third-order valence-corrected chi connectivity index (χ3v) is 3.90. The van der Waals surface area contributed by atoms with E-state index in [1.54, 1.807) is 4.80 Å². The third kappa shape index (κ3) is 2.07. The molecule has 104 valence electrons. The normalized spacial score (nSPS) is 19.7. The summed E-state index contributed by atoms with van der Waals surface area (Å²) in [5, 5.41) is 12.8. The van der Waals surface area contributed by atoms with E-state index in [2.05, 4.69) is 47.5 Å². The molecule has 0 amide bonds. The molecule has 2 aliphatic rings. The molecule has 0 N–H and O–H groups in total. The summed E-state index contributed by atoms with van der Waals surface area (Å²) in [5.41, 5.74) is 2.29. The van der Waals surface area contributed by atoms with E-state index in [0.29, 0.717) is 12.5 Å². The van der Waals surface area contributed by atoms with E-state index in [1.807, 2.05) is 0 Å². The van der Waals surface area contributed by atoms with Gasteiger partial charge in [-0.15, -0.1) is 10.2 Å². The molecule has 0 saturated heterocycles. The van der Waals surface area contributed by atoms with Crippen LogP contribution in [-0.4, -0.2) is 25.8 Å². The SMILES string of the molecule is CC1(C)Cc2cccc(Cn3nnc(C4CC4)n3)c2O1. The van der Waals surface area contributed by atoms with Gasteiger partial charge in [-0.25, -0.2) is 0 Å². The number of tetrazole rings is 1. The van der Waals surface area contributed by atoms with Gasteiger partial charge in [0.1, 0.15) is 11.4 Å². The first-order valence-corrected chi connectivity index (χ1v) is 7.18. The fourth-order valence-electron chi connectivity index (χ4n) is 2.78. The van der Waals surface area contributed by atoms with Crippen LogP contribution < -0.4 is 4.74 Å². The van der Waals surface area contributed by atoms with Gasteiger partial charge in [0.15, 0.2) is 5.82 Å². The Morgan fingerprint density at radius 1 is 1.35 bits per heavy atom. The molecule has 1 aliphatic heterocycles. The summed E-state index contributed by atoms with van der Waals surface area (Å²) in [6.45, 7) is 4.87. The Labute approximate surface area is 117 Å². The maximum absolute atomic E-state index is 6.07. The van der Waals surface area contributed by atoms with Crippen molar-refractivity contribution in [3.63, 3.8) is 0 Å². The summed E-state index contributed by atoms with van der Waals surface area (Å²) < 4.78 is 6.07. The second-order valence-corrected chi connectivity index (χ2v) is 6.40. The lowest BCUT2D eigenvalue weighted by atomic mass is 10.0. The molecule has 0 radical (unpaired) electrons. The van der Waals surface area contributed by atoms with Crippen LogP contribution in [0, 0.1) is 0 Å². The minimum absolute atomic E-state index is 0.118. The minimum Gasteiger partial charge on any atom is -0.487 e. The first-order valence-electron chi connectivity index (χ1n) is 7.18. The second kappa shape index (κ2) is 4.04. The van der Waals surface area contributed by atoms with E-state index in [4.69, 9.17) is 4.74 Å². The molecule has 5 heteroatoms. The number of fused-ring (bicyclic) bond motifs is 1. The quantitative estimate of drug-likeness (QED) is 0.859. The Balaban J connectivity index is 1.61. The molecule has 4 rings (SSSR count). The molecule has 1 aromatic carbocycles. The van der Waals surface area contributed by atoms with Crippen LogP contribution in [0.25, 0.3) is 0 Å². The Morgan fingerprint density at radius 2 is 2.20 bits per heavy atom. The van der Waals surface area contributed by atoms with Gasteiger partial charge in [0.2, 0.25) is 0 Å². The zero-order valence-electron chi connectivity index (χ0n) is 11.8. The van der Waals surface area contributed by atoms with Gasteiger partial charge in [0, 0.05) is 17.9 Å². The van der Waals surface area contributed by atoms with Crippen LogP contribution in [0.4, 0.5) is 0 Å². The highest BCUT2D eigenvalue weighted by Gasteiger charge is 2.32. The van der Waals surface area contributed by atoms with Crippen molar-refractivity contribution < 1.29 is 4.74 Å². The average Bonchev–Trinajstić information content (AvgIpc) is 3.04. The number of para-hydroxylation sites is 1. The van der Waals surface area contributed by atoms with Crippen molar-refractivity contribution in [2.24, 2.45) is 0 Å². The molecule has 0 spiro atoms. The van der Waals surface area contributed by atoms with Crippen LogP contribution in [0.3, 0.4) is 0 Å². The zero-order chi connectivity index (χ0) is 13.7. The van der Waals surface area contributed by atoms with E-state index in [0.717, 1.165) is 23.6 Å². The predicted octanol–water partition coefficient (Wildman–Crippen LogP) is 2.31. The molecule has 20 heavy (non-hydrogen) atoms. The standard InChI is InChI=1S/C15H18N4O/c1-15(2)8-11-4-3-5-12(13(11)20-15)9-19-17-14(16-18-19)10-6-7-10/h3-5,10H,6-9H2,1-2H3. The van der Waals surface area contributed by atoms with Crippen LogP contribution in [0.1, 0.15) is 49.6 Å². The van der Waals surface area contributed by atoms with Crippen LogP contribution in [0.5, 0.6) is 5.75 Å². The molecular weight excluding hydrogens is 252 g/mol. The van der Waals surface area contributed by atoms with Crippen molar-refractivity contribution >= 4 is 0 Å². The van der Waals surface area contributed by atoms with Crippen molar-refractivity contribution in [3.05, 3.63) is 35.2 Å². The van der Waals surface area contributed by atoms with Crippen molar-refractivity contribution in [2.45, 2.75) is 51.2 Å². The smallest absolute Gasteiger partial charge is 0.177 e. The number of nitrogens with zero attached hydrogens (tertiary/aromatic N) is 4. The van der Waals surface area contributed by atoms with Gasteiger partial charge in [-0.05, 0) is 37.5 Å². The van der Waals surface area contributed by atoms with Crippen LogP contribution in [0.15, 0.2) is 18.2 Å². The Hall–Kier alpha value is -1.91. The highest BCUT2D eigenvalue weighted by Crippen LogP contribution is 2.39. The molecular formula is C15H18N4O. The molecule has 2 heterocycles. The van der Waals surface area contributed by atoms with E-state index < -0.39 is 0 Å². The van der Waals surface area contributed by atoms with E-state index >= 15 is 0 Å². The highest BCUT2D eigenvalue weighted by molar-refractivity contribution is 5.45. The van der Waals surface area contributed by atoms with Crippen molar-refractivity contribution in [3.8, 4) is 5.75 Å². The molecule has 0 atom stereocenters. The fraction of sp³-hybridized carbons (Fsp3) is 0.533. The van der Waals surface area contributed by atoms with Crippen molar-refractivity contribution in [2.75, 3.05) is 0 Å². The molecule has 2 aromatic rings. The fourth-order valence-corrected chi connectivity index (χ4v) is 2.78. The summed E-state index contributed by atoms with van der Waals surface area (Å²) >= 11 is 0. The van der Waals surface area contributed by atoms with Crippen LogP contribution >= 0.6 is 0 Å². The van der Waals surface area contributed by atoms with Gasteiger partial charge in [-0.2, -0.15) is 4.80 Å².